The standard InChI is InChI=1S/C14H24N2O2S/c1-16(8-9-18-10-11-4-5-11)13(17)14(12(15)19)6-2-3-7-14/h11H,2-10H2,1H3,(H2,15,19). The number of hydrogen-bond acceptors (Lipinski definition) is 3. The zero-order valence-electron chi connectivity index (χ0n) is 11.7. The van der Waals surface area contributed by atoms with Crippen molar-refractivity contribution in [1.29, 1.82) is 0 Å². The normalized spacial score (nSPS) is 21.3. The van der Waals surface area contributed by atoms with E-state index in [-0.39, 0.29) is 5.91 Å². The molecule has 0 aromatic heterocycles. The summed E-state index contributed by atoms with van der Waals surface area (Å²) in [7, 11) is 1.82. The van der Waals surface area contributed by atoms with Crippen molar-refractivity contribution < 1.29 is 9.53 Å². The van der Waals surface area contributed by atoms with E-state index in [9.17, 15) is 4.79 Å². The van der Waals surface area contributed by atoms with Gasteiger partial charge in [0.2, 0.25) is 5.91 Å². The lowest BCUT2D eigenvalue weighted by Gasteiger charge is -2.31. The number of thiocarbonyl (C=S) groups is 1. The lowest BCUT2D eigenvalue weighted by Crippen LogP contribution is -2.48. The van der Waals surface area contributed by atoms with Crippen LogP contribution in [0.2, 0.25) is 0 Å². The second-order valence-electron chi connectivity index (χ2n) is 5.90. The Labute approximate surface area is 120 Å². The highest BCUT2D eigenvalue weighted by Crippen LogP contribution is 2.39. The lowest BCUT2D eigenvalue weighted by molar-refractivity contribution is -0.137. The Morgan fingerprint density at radius 1 is 1.42 bits per heavy atom. The van der Waals surface area contributed by atoms with Crippen LogP contribution in [0.25, 0.3) is 0 Å². The molecule has 0 aliphatic heterocycles. The molecule has 2 N–H and O–H groups in total. The molecule has 2 aliphatic rings. The first kappa shape index (κ1) is 14.7. The summed E-state index contributed by atoms with van der Waals surface area (Å²) in [5.41, 5.74) is 5.24. The average molecular weight is 284 g/mol. The molecule has 0 heterocycles. The van der Waals surface area contributed by atoms with Crippen LogP contribution in [0.5, 0.6) is 0 Å². The zero-order chi connectivity index (χ0) is 13.9. The molecule has 0 spiro atoms. The summed E-state index contributed by atoms with van der Waals surface area (Å²) < 4.78 is 5.58. The highest BCUT2D eigenvalue weighted by molar-refractivity contribution is 7.80. The van der Waals surface area contributed by atoms with E-state index in [1.807, 2.05) is 7.05 Å². The molecule has 108 valence electrons. The molecule has 0 aromatic carbocycles. The summed E-state index contributed by atoms with van der Waals surface area (Å²) in [4.78, 5) is 14.6. The van der Waals surface area contributed by atoms with Crippen molar-refractivity contribution in [2.24, 2.45) is 17.1 Å². The van der Waals surface area contributed by atoms with E-state index >= 15 is 0 Å². The third-order valence-electron chi connectivity index (χ3n) is 4.31. The summed E-state index contributed by atoms with van der Waals surface area (Å²) in [6.45, 7) is 2.06. The van der Waals surface area contributed by atoms with Gasteiger partial charge in [-0.1, -0.05) is 25.1 Å². The van der Waals surface area contributed by atoms with Crippen LogP contribution in [0, 0.1) is 11.3 Å². The van der Waals surface area contributed by atoms with Crippen molar-refractivity contribution in [1.82, 2.24) is 4.90 Å². The van der Waals surface area contributed by atoms with Gasteiger partial charge in [-0.05, 0) is 31.6 Å². The van der Waals surface area contributed by atoms with Gasteiger partial charge in [-0.2, -0.15) is 0 Å². The number of nitrogens with zero attached hydrogens (tertiary/aromatic N) is 1. The Bertz CT molecular complexity index is 349. The summed E-state index contributed by atoms with van der Waals surface area (Å²) in [6.07, 6.45) is 6.26. The van der Waals surface area contributed by atoms with Crippen LogP contribution >= 0.6 is 12.2 Å². The van der Waals surface area contributed by atoms with Crippen molar-refractivity contribution in [3.8, 4) is 0 Å². The topological polar surface area (TPSA) is 55.6 Å². The molecule has 0 unspecified atom stereocenters. The molecule has 2 fully saturated rings. The van der Waals surface area contributed by atoms with Crippen LogP contribution < -0.4 is 5.73 Å². The number of carbonyl (C=O) groups excluding carboxylic acids is 1. The third kappa shape index (κ3) is 3.45. The molecule has 0 radical (unpaired) electrons. The van der Waals surface area contributed by atoms with Gasteiger partial charge in [0.1, 0.15) is 0 Å². The first-order chi connectivity index (χ1) is 9.06. The molecule has 2 rings (SSSR count). The first-order valence-electron chi connectivity index (χ1n) is 7.19. The number of nitrogens with two attached hydrogens (primary N) is 1. The summed E-state index contributed by atoms with van der Waals surface area (Å²) >= 11 is 5.14. The number of carbonyl (C=O) groups is 1. The van der Waals surface area contributed by atoms with Crippen LogP contribution in [-0.2, 0) is 9.53 Å². The highest BCUT2D eigenvalue weighted by Gasteiger charge is 2.45. The molecule has 4 nitrogen and oxygen atoms in total. The highest BCUT2D eigenvalue weighted by atomic mass is 32.1. The van der Waals surface area contributed by atoms with E-state index < -0.39 is 5.41 Å². The Morgan fingerprint density at radius 3 is 2.58 bits per heavy atom. The van der Waals surface area contributed by atoms with Gasteiger partial charge in [0.25, 0.3) is 0 Å². The number of hydrogen-bond donors (Lipinski definition) is 1. The molecule has 2 saturated carbocycles. The summed E-state index contributed by atoms with van der Waals surface area (Å²) in [6, 6.07) is 0. The average Bonchev–Trinajstić information content (AvgIpc) is 3.07. The zero-order valence-corrected chi connectivity index (χ0v) is 12.5. The Kier molecular flexibility index (Phi) is 4.79. The maximum absolute atomic E-state index is 12.6. The van der Waals surface area contributed by atoms with Gasteiger partial charge < -0.3 is 15.4 Å². The Morgan fingerprint density at radius 2 is 2.05 bits per heavy atom. The minimum Gasteiger partial charge on any atom is -0.392 e. The van der Waals surface area contributed by atoms with E-state index in [0.717, 1.165) is 38.2 Å². The van der Waals surface area contributed by atoms with E-state index in [1.165, 1.54) is 12.8 Å². The van der Waals surface area contributed by atoms with Gasteiger partial charge in [0.05, 0.1) is 17.0 Å². The molecular formula is C14H24N2O2S. The second-order valence-corrected chi connectivity index (χ2v) is 6.34. The van der Waals surface area contributed by atoms with E-state index in [2.05, 4.69) is 0 Å². The largest absolute Gasteiger partial charge is 0.392 e. The van der Waals surface area contributed by atoms with E-state index in [4.69, 9.17) is 22.7 Å². The molecular weight excluding hydrogens is 260 g/mol. The first-order valence-corrected chi connectivity index (χ1v) is 7.60. The quantitative estimate of drug-likeness (QED) is 0.571. The number of likely N-dealkylation sites (N-methyl/N-ethyl adjacent to an activating group) is 1. The third-order valence-corrected chi connectivity index (χ3v) is 4.70. The molecule has 1 amide bonds. The maximum Gasteiger partial charge on any atom is 0.235 e. The monoisotopic (exact) mass is 284 g/mol. The molecule has 5 heteroatoms. The van der Waals surface area contributed by atoms with Crippen molar-refractivity contribution in [3.63, 3.8) is 0 Å². The smallest absolute Gasteiger partial charge is 0.235 e. The van der Waals surface area contributed by atoms with Gasteiger partial charge in [-0.15, -0.1) is 0 Å². The fraction of sp³-hybridized carbons (Fsp3) is 0.857. The summed E-state index contributed by atoms with van der Waals surface area (Å²) in [5, 5.41) is 0. The molecule has 19 heavy (non-hydrogen) atoms. The number of amides is 1. The minimum atomic E-state index is -0.583. The van der Waals surface area contributed by atoms with Gasteiger partial charge in [0, 0.05) is 20.2 Å². The predicted molar refractivity (Wildman–Crippen MR) is 78.9 cm³/mol. The lowest BCUT2D eigenvalue weighted by atomic mass is 9.84. The van der Waals surface area contributed by atoms with Crippen molar-refractivity contribution >= 4 is 23.1 Å². The number of ether oxygens (including phenoxy) is 1. The molecule has 2 aliphatic carbocycles. The van der Waals surface area contributed by atoms with E-state index in [1.54, 1.807) is 4.90 Å². The van der Waals surface area contributed by atoms with Crippen LogP contribution in [0.3, 0.4) is 0 Å². The fourth-order valence-electron chi connectivity index (χ4n) is 2.75. The van der Waals surface area contributed by atoms with Crippen LogP contribution in [-0.4, -0.2) is 42.6 Å². The van der Waals surface area contributed by atoms with Gasteiger partial charge in [-0.25, -0.2) is 0 Å². The molecule has 0 bridgehead atoms. The van der Waals surface area contributed by atoms with E-state index in [0.29, 0.717) is 18.1 Å². The Hall–Kier alpha value is -0.680. The molecule has 0 saturated heterocycles. The van der Waals surface area contributed by atoms with Crippen molar-refractivity contribution in [2.75, 3.05) is 26.8 Å². The van der Waals surface area contributed by atoms with Crippen molar-refractivity contribution in [3.05, 3.63) is 0 Å². The summed E-state index contributed by atoms with van der Waals surface area (Å²) in [5.74, 6) is 0.839. The van der Waals surface area contributed by atoms with Gasteiger partial charge in [-0.3, -0.25) is 4.79 Å². The molecule has 0 aromatic rings. The fourth-order valence-corrected chi connectivity index (χ4v) is 3.04. The second kappa shape index (κ2) is 6.18. The van der Waals surface area contributed by atoms with Crippen LogP contribution in [0.4, 0.5) is 0 Å². The van der Waals surface area contributed by atoms with Crippen LogP contribution in [0.15, 0.2) is 0 Å². The minimum absolute atomic E-state index is 0.0764. The van der Waals surface area contributed by atoms with Gasteiger partial charge in [0.15, 0.2) is 0 Å². The number of rotatable bonds is 7. The maximum atomic E-state index is 12.6. The van der Waals surface area contributed by atoms with Crippen LogP contribution in [0.1, 0.15) is 38.5 Å². The predicted octanol–water partition coefficient (Wildman–Crippen LogP) is 1.72. The van der Waals surface area contributed by atoms with Crippen molar-refractivity contribution in [2.45, 2.75) is 38.5 Å². The Balaban J connectivity index is 1.80. The SMILES string of the molecule is CN(CCOCC1CC1)C(=O)C1(C(N)=S)CCCC1. The molecule has 0 atom stereocenters. The van der Waals surface area contributed by atoms with Gasteiger partial charge >= 0.3 is 0 Å².